The number of aryl methyl sites for hydroxylation is 1. The van der Waals surface area contributed by atoms with E-state index in [9.17, 15) is 0 Å². The smallest absolute Gasteiger partial charge is 0.0724 e. The van der Waals surface area contributed by atoms with E-state index in [-0.39, 0.29) is 0 Å². The fraction of sp³-hybridized carbons (Fsp3) is 0.429. The van der Waals surface area contributed by atoms with E-state index in [0.717, 1.165) is 25.1 Å². The highest BCUT2D eigenvalue weighted by molar-refractivity contribution is 5.51. The molecule has 1 aromatic rings. The third-order valence-electron chi connectivity index (χ3n) is 1.94. The molecule has 0 radical (unpaired) electrons. The first-order chi connectivity index (χ1) is 4.88. The van der Waals surface area contributed by atoms with Crippen LogP contribution in [0.3, 0.4) is 0 Å². The van der Waals surface area contributed by atoms with Gasteiger partial charge in [-0.25, -0.2) is 5.84 Å². The van der Waals surface area contributed by atoms with Crippen molar-refractivity contribution in [2.24, 2.45) is 5.84 Å². The predicted molar refractivity (Wildman–Crippen MR) is 40.6 cm³/mol. The van der Waals surface area contributed by atoms with Crippen LogP contribution < -0.4 is 10.9 Å². The Bertz CT molecular complexity index is 229. The summed E-state index contributed by atoms with van der Waals surface area (Å²) in [6.45, 7) is 0.977. The highest BCUT2D eigenvalue weighted by Gasteiger charge is 2.13. The summed E-state index contributed by atoms with van der Waals surface area (Å²) in [5, 5.41) is 1.80. The van der Waals surface area contributed by atoms with Crippen molar-refractivity contribution in [1.82, 2.24) is 4.98 Å². The molecule has 54 valence electrons. The molecule has 0 saturated carbocycles. The van der Waals surface area contributed by atoms with Gasteiger partial charge in [-0.3, -0.25) is 0 Å². The number of hydrogen-bond acceptors (Lipinski definition) is 2. The Labute approximate surface area is 59.8 Å². The van der Waals surface area contributed by atoms with Crippen molar-refractivity contribution in [2.75, 3.05) is 11.6 Å². The van der Waals surface area contributed by atoms with E-state index >= 15 is 0 Å². The zero-order chi connectivity index (χ0) is 6.97. The molecule has 1 aliphatic heterocycles. The van der Waals surface area contributed by atoms with Crippen LogP contribution in [-0.2, 0) is 6.42 Å². The van der Waals surface area contributed by atoms with Gasteiger partial charge in [0.15, 0.2) is 0 Å². The third-order valence-corrected chi connectivity index (χ3v) is 1.94. The molecule has 0 aromatic carbocycles. The van der Waals surface area contributed by atoms with Gasteiger partial charge in [0.25, 0.3) is 0 Å². The van der Waals surface area contributed by atoms with E-state index in [1.165, 1.54) is 5.69 Å². The number of anilines is 1. The maximum atomic E-state index is 5.70. The Morgan fingerprint density at radius 3 is 3.30 bits per heavy atom. The first kappa shape index (κ1) is 5.80. The molecule has 0 fully saturated rings. The maximum absolute atomic E-state index is 5.70. The minimum absolute atomic E-state index is 0.977. The lowest BCUT2D eigenvalue weighted by Crippen LogP contribution is -2.35. The molecule has 0 amide bonds. The Morgan fingerprint density at radius 1 is 1.60 bits per heavy atom. The van der Waals surface area contributed by atoms with Crippen LogP contribution in [0.15, 0.2) is 12.3 Å². The summed E-state index contributed by atoms with van der Waals surface area (Å²) in [7, 11) is 0. The van der Waals surface area contributed by atoms with Crippen molar-refractivity contribution in [3.05, 3.63) is 18.0 Å². The molecule has 0 bridgehead atoms. The summed E-state index contributed by atoms with van der Waals surface area (Å²) in [6, 6.07) is 2.02. The van der Waals surface area contributed by atoms with E-state index in [1.54, 1.807) is 5.01 Å². The van der Waals surface area contributed by atoms with Crippen LogP contribution >= 0.6 is 0 Å². The van der Waals surface area contributed by atoms with Crippen molar-refractivity contribution in [3.63, 3.8) is 0 Å². The van der Waals surface area contributed by atoms with E-state index in [4.69, 9.17) is 5.84 Å². The number of aromatic amines is 1. The second kappa shape index (κ2) is 2.02. The highest BCUT2D eigenvalue weighted by atomic mass is 15.4. The van der Waals surface area contributed by atoms with Gasteiger partial charge in [0.1, 0.15) is 0 Å². The number of fused-ring (bicyclic) bond motifs is 1. The van der Waals surface area contributed by atoms with Gasteiger partial charge in [-0.2, -0.15) is 0 Å². The van der Waals surface area contributed by atoms with Crippen molar-refractivity contribution < 1.29 is 0 Å². The van der Waals surface area contributed by atoms with Crippen LogP contribution in [-0.4, -0.2) is 11.5 Å². The summed E-state index contributed by atoms with van der Waals surface area (Å²) in [6.07, 6.45) is 4.23. The Hall–Kier alpha value is -0.960. The summed E-state index contributed by atoms with van der Waals surface area (Å²) < 4.78 is 0. The third kappa shape index (κ3) is 0.708. The first-order valence-electron chi connectivity index (χ1n) is 3.56. The standard InChI is InChI=1S/C7H11N3/c8-10-5-1-2-6-7(10)3-4-9-6/h3-4,9H,1-2,5,8H2. The molecule has 0 aliphatic carbocycles. The molecule has 3 heteroatoms. The largest absolute Gasteiger partial charge is 0.363 e. The van der Waals surface area contributed by atoms with Gasteiger partial charge in [-0.05, 0) is 18.9 Å². The summed E-state index contributed by atoms with van der Waals surface area (Å²) in [5.74, 6) is 5.70. The normalized spacial score (nSPS) is 17.1. The number of aromatic nitrogens is 1. The van der Waals surface area contributed by atoms with Gasteiger partial charge in [0, 0.05) is 18.4 Å². The molecular formula is C7H11N3. The minimum atomic E-state index is 0.977. The molecule has 3 nitrogen and oxygen atoms in total. The summed E-state index contributed by atoms with van der Waals surface area (Å²) in [4.78, 5) is 3.17. The monoisotopic (exact) mass is 137 g/mol. The van der Waals surface area contributed by atoms with Gasteiger partial charge in [0.2, 0.25) is 0 Å². The molecule has 2 heterocycles. The number of nitrogens with two attached hydrogens (primary N) is 1. The molecular weight excluding hydrogens is 126 g/mol. The van der Waals surface area contributed by atoms with Crippen LogP contribution in [0.2, 0.25) is 0 Å². The van der Waals surface area contributed by atoms with Gasteiger partial charge in [-0.15, -0.1) is 0 Å². The second-order valence-electron chi connectivity index (χ2n) is 2.64. The number of H-pyrrole nitrogens is 1. The van der Waals surface area contributed by atoms with Crippen LogP contribution in [0, 0.1) is 0 Å². The topological polar surface area (TPSA) is 45.0 Å². The molecule has 0 atom stereocenters. The Kier molecular flexibility index (Phi) is 1.17. The summed E-state index contributed by atoms with van der Waals surface area (Å²) >= 11 is 0. The van der Waals surface area contributed by atoms with E-state index < -0.39 is 0 Å². The van der Waals surface area contributed by atoms with Gasteiger partial charge < -0.3 is 9.99 Å². The SMILES string of the molecule is NN1CCCc2[nH]ccc21. The number of nitrogens with zero attached hydrogens (tertiary/aromatic N) is 1. The van der Waals surface area contributed by atoms with Crippen molar-refractivity contribution >= 4 is 5.69 Å². The molecule has 1 aliphatic rings. The van der Waals surface area contributed by atoms with E-state index in [2.05, 4.69) is 4.98 Å². The van der Waals surface area contributed by atoms with Crippen LogP contribution in [0.25, 0.3) is 0 Å². The van der Waals surface area contributed by atoms with Crippen LogP contribution in [0.5, 0.6) is 0 Å². The van der Waals surface area contributed by atoms with Crippen molar-refractivity contribution in [3.8, 4) is 0 Å². The van der Waals surface area contributed by atoms with Gasteiger partial charge in [-0.1, -0.05) is 0 Å². The molecule has 3 N–H and O–H groups in total. The zero-order valence-electron chi connectivity index (χ0n) is 5.80. The number of hydrazine groups is 1. The van der Waals surface area contributed by atoms with Gasteiger partial charge in [0.05, 0.1) is 5.69 Å². The quantitative estimate of drug-likeness (QED) is 0.515. The molecule has 0 saturated heterocycles. The Balaban J connectivity index is 2.41. The average Bonchev–Trinajstić information content (AvgIpc) is 2.36. The van der Waals surface area contributed by atoms with Crippen LogP contribution in [0.4, 0.5) is 5.69 Å². The lowest BCUT2D eigenvalue weighted by Gasteiger charge is -2.23. The predicted octanol–water partition coefficient (Wildman–Crippen LogP) is 0.641. The fourth-order valence-electron chi connectivity index (χ4n) is 1.41. The lowest BCUT2D eigenvalue weighted by molar-refractivity contribution is 0.705. The molecule has 10 heavy (non-hydrogen) atoms. The molecule has 0 unspecified atom stereocenters. The maximum Gasteiger partial charge on any atom is 0.0724 e. The van der Waals surface area contributed by atoms with E-state index in [0.29, 0.717) is 0 Å². The molecule has 1 aromatic heterocycles. The minimum Gasteiger partial charge on any atom is -0.363 e. The molecule has 2 rings (SSSR count). The van der Waals surface area contributed by atoms with E-state index in [1.807, 2.05) is 12.3 Å². The second-order valence-corrected chi connectivity index (χ2v) is 2.64. The van der Waals surface area contributed by atoms with Crippen molar-refractivity contribution in [2.45, 2.75) is 12.8 Å². The number of nitrogens with one attached hydrogen (secondary N) is 1. The zero-order valence-corrected chi connectivity index (χ0v) is 5.80. The lowest BCUT2D eigenvalue weighted by atomic mass is 10.1. The van der Waals surface area contributed by atoms with Gasteiger partial charge >= 0.3 is 0 Å². The van der Waals surface area contributed by atoms with Crippen LogP contribution in [0.1, 0.15) is 12.1 Å². The highest BCUT2D eigenvalue weighted by Crippen LogP contribution is 2.22. The number of hydrogen-bond donors (Lipinski definition) is 2. The fourth-order valence-corrected chi connectivity index (χ4v) is 1.41. The molecule has 0 spiro atoms. The van der Waals surface area contributed by atoms with Crippen molar-refractivity contribution in [1.29, 1.82) is 0 Å². The Morgan fingerprint density at radius 2 is 2.50 bits per heavy atom. The number of rotatable bonds is 0. The summed E-state index contributed by atoms with van der Waals surface area (Å²) in [5.41, 5.74) is 2.43. The average molecular weight is 137 g/mol. The first-order valence-corrected chi connectivity index (χ1v) is 3.56.